The van der Waals surface area contributed by atoms with Crippen molar-refractivity contribution in [1.29, 1.82) is 0 Å². The molecular weight excluding hydrogens is 340 g/mol. The van der Waals surface area contributed by atoms with E-state index in [-0.39, 0.29) is 5.91 Å². The van der Waals surface area contributed by atoms with E-state index >= 15 is 0 Å². The van der Waals surface area contributed by atoms with Gasteiger partial charge in [0.25, 0.3) is 0 Å². The van der Waals surface area contributed by atoms with Crippen molar-refractivity contribution in [3.05, 3.63) is 23.9 Å². The monoisotopic (exact) mass is 370 g/mol. The molecular formula is C21H30N4O2. The Bertz CT molecular complexity index is 719. The second kappa shape index (κ2) is 7.49. The molecule has 6 nitrogen and oxygen atoms in total. The smallest absolute Gasteiger partial charge is 0.318 e. The van der Waals surface area contributed by atoms with E-state index in [0.717, 1.165) is 31.7 Å². The maximum absolute atomic E-state index is 11.9. The van der Waals surface area contributed by atoms with Crippen LogP contribution in [0.3, 0.4) is 0 Å². The van der Waals surface area contributed by atoms with Gasteiger partial charge >= 0.3 is 6.01 Å². The molecule has 1 aliphatic heterocycles. The van der Waals surface area contributed by atoms with Gasteiger partial charge in [0.2, 0.25) is 5.91 Å². The van der Waals surface area contributed by atoms with E-state index in [1.165, 1.54) is 55.9 Å². The molecule has 0 N–H and O–H groups in total. The Morgan fingerprint density at radius 1 is 1.11 bits per heavy atom. The van der Waals surface area contributed by atoms with E-state index in [1.807, 2.05) is 4.90 Å². The zero-order chi connectivity index (χ0) is 18.9. The van der Waals surface area contributed by atoms with Crippen LogP contribution in [0.4, 0.5) is 5.82 Å². The van der Waals surface area contributed by atoms with E-state index in [1.54, 1.807) is 7.11 Å². The molecule has 0 radical (unpaired) electrons. The largest absolute Gasteiger partial charge is 0.467 e. The number of hydrogen-bond acceptors (Lipinski definition) is 5. The first-order valence-electron chi connectivity index (χ1n) is 10.2. The normalized spacial score (nSPS) is 21.7. The lowest BCUT2D eigenvalue weighted by molar-refractivity contribution is -0.126. The summed E-state index contributed by atoms with van der Waals surface area (Å²) >= 11 is 0. The Labute approximate surface area is 161 Å². The zero-order valence-electron chi connectivity index (χ0n) is 16.4. The summed E-state index contributed by atoms with van der Waals surface area (Å²) in [7, 11) is 1.64. The van der Waals surface area contributed by atoms with Crippen molar-refractivity contribution in [3.8, 4) is 6.01 Å². The van der Waals surface area contributed by atoms with Gasteiger partial charge in [0.15, 0.2) is 0 Å². The van der Waals surface area contributed by atoms with Crippen molar-refractivity contribution in [3.63, 3.8) is 0 Å². The van der Waals surface area contributed by atoms with Gasteiger partial charge in [-0.2, -0.15) is 9.97 Å². The lowest BCUT2D eigenvalue weighted by Crippen LogP contribution is -2.49. The SMILES string of the molecule is C=CC(=O)N1CCN(c2nc(OC)nc3c2CCC2(CCCCC2)C3)CC1. The summed E-state index contributed by atoms with van der Waals surface area (Å²) in [6.07, 6.45) is 11.5. The summed E-state index contributed by atoms with van der Waals surface area (Å²) in [6, 6.07) is 0.473. The molecule has 1 saturated carbocycles. The third kappa shape index (κ3) is 3.54. The van der Waals surface area contributed by atoms with Crippen molar-refractivity contribution in [1.82, 2.24) is 14.9 Å². The predicted molar refractivity (Wildman–Crippen MR) is 105 cm³/mol. The van der Waals surface area contributed by atoms with E-state index in [0.29, 0.717) is 24.5 Å². The lowest BCUT2D eigenvalue weighted by Gasteiger charge is -2.42. The summed E-state index contributed by atoms with van der Waals surface area (Å²) in [5.41, 5.74) is 2.93. The van der Waals surface area contributed by atoms with Crippen molar-refractivity contribution >= 4 is 11.7 Å². The maximum atomic E-state index is 11.9. The Morgan fingerprint density at radius 2 is 1.85 bits per heavy atom. The number of nitrogens with zero attached hydrogens (tertiary/aromatic N) is 4. The van der Waals surface area contributed by atoms with Crippen LogP contribution in [0.2, 0.25) is 0 Å². The molecule has 0 aromatic carbocycles. The topological polar surface area (TPSA) is 58.6 Å². The Balaban J connectivity index is 1.58. The second-order valence-corrected chi connectivity index (χ2v) is 8.21. The minimum absolute atomic E-state index is 0.0104. The molecule has 0 bridgehead atoms. The number of fused-ring (bicyclic) bond motifs is 1. The fourth-order valence-corrected chi connectivity index (χ4v) is 5.08. The molecule has 1 aromatic heterocycles. The number of aromatic nitrogens is 2. The first kappa shape index (κ1) is 18.3. The molecule has 2 heterocycles. The summed E-state index contributed by atoms with van der Waals surface area (Å²) in [4.78, 5) is 25.5. The molecule has 2 aliphatic carbocycles. The van der Waals surface area contributed by atoms with Gasteiger partial charge in [-0.05, 0) is 43.6 Å². The van der Waals surface area contributed by atoms with Gasteiger partial charge < -0.3 is 14.5 Å². The van der Waals surface area contributed by atoms with Gasteiger partial charge in [-0.1, -0.05) is 25.8 Å². The van der Waals surface area contributed by atoms with Gasteiger partial charge in [0.05, 0.1) is 12.8 Å². The van der Waals surface area contributed by atoms with Crippen LogP contribution in [0.25, 0.3) is 0 Å². The molecule has 2 fully saturated rings. The van der Waals surface area contributed by atoms with E-state index < -0.39 is 0 Å². The third-order valence-electron chi connectivity index (χ3n) is 6.66. The number of carbonyl (C=O) groups is 1. The second-order valence-electron chi connectivity index (χ2n) is 8.21. The molecule has 0 unspecified atom stereocenters. The summed E-state index contributed by atoms with van der Waals surface area (Å²) in [5.74, 6) is 1.03. The van der Waals surface area contributed by atoms with Crippen LogP contribution in [0.5, 0.6) is 6.01 Å². The number of rotatable bonds is 3. The predicted octanol–water partition coefficient (Wildman–Crippen LogP) is 2.76. The van der Waals surface area contributed by atoms with Crippen LogP contribution < -0.4 is 9.64 Å². The van der Waals surface area contributed by atoms with Crippen LogP contribution >= 0.6 is 0 Å². The minimum atomic E-state index is 0.0104. The maximum Gasteiger partial charge on any atom is 0.318 e. The standard InChI is InChI=1S/C21H30N4O2/c1-3-18(26)24-11-13-25(14-12-24)19-16-7-10-21(8-5-4-6-9-21)15-17(16)22-20(23-19)27-2/h3H,1,4-15H2,2H3. The number of methoxy groups -OCH3 is 1. The molecule has 1 spiro atoms. The minimum Gasteiger partial charge on any atom is -0.467 e. The molecule has 27 heavy (non-hydrogen) atoms. The Morgan fingerprint density at radius 3 is 2.52 bits per heavy atom. The number of piperazine rings is 1. The van der Waals surface area contributed by atoms with Gasteiger partial charge in [-0.25, -0.2) is 0 Å². The van der Waals surface area contributed by atoms with Gasteiger partial charge in [-0.15, -0.1) is 0 Å². The molecule has 1 saturated heterocycles. The van der Waals surface area contributed by atoms with E-state index in [2.05, 4.69) is 11.5 Å². The molecule has 1 aromatic rings. The lowest BCUT2D eigenvalue weighted by atomic mass is 9.65. The van der Waals surface area contributed by atoms with Gasteiger partial charge in [0, 0.05) is 31.7 Å². The first-order valence-corrected chi connectivity index (χ1v) is 10.2. The van der Waals surface area contributed by atoms with Crippen LogP contribution in [-0.2, 0) is 17.6 Å². The van der Waals surface area contributed by atoms with Gasteiger partial charge in [0.1, 0.15) is 5.82 Å². The van der Waals surface area contributed by atoms with Crippen LogP contribution in [0.1, 0.15) is 49.8 Å². The first-order chi connectivity index (χ1) is 13.1. The van der Waals surface area contributed by atoms with Crippen LogP contribution in [0, 0.1) is 5.41 Å². The molecule has 0 atom stereocenters. The highest BCUT2D eigenvalue weighted by Gasteiger charge is 2.38. The van der Waals surface area contributed by atoms with E-state index in [9.17, 15) is 4.79 Å². The summed E-state index contributed by atoms with van der Waals surface area (Å²) in [5, 5.41) is 0. The third-order valence-corrected chi connectivity index (χ3v) is 6.66. The highest BCUT2D eigenvalue weighted by molar-refractivity contribution is 5.87. The fourth-order valence-electron chi connectivity index (χ4n) is 5.08. The fraction of sp³-hybridized carbons (Fsp3) is 0.667. The number of hydrogen-bond donors (Lipinski definition) is 0. The van der Waals surface area contributed by atoms with Crippen molar-refractivity contribution < 1.29 is 9.53 Å². The van der Waals surface area contributed by atoms with Crippen molar-refractivity contribution in [2.45, 2.75) is 51.4 Å². The van der Waals surface area contributed by atoms with Crippen LogP contribution in [-0.4, -0.2) is 54.1 Å². The van der Waals surface area contributed by atoms with Gasteiger partial charge in [-0.3, -0.25) is 4.79 Å². The molecule has 6 heteroatoms. The Kier molecular flexibility index (Phi) is 5.06. The van der Waals surface area contributed by atoms with Crippen molar-refractivity contribution in [2.24, 2.45) is 5.41 Å². The Hall–Kier alpha value is -2.11. The van der Waals surface area contributed by atoms with Crippen LogP contribution in [0.15, 0.2) is 12.7 Å². The van der Waals surface area contributed by atoms with E-state index in [4.69, 9.17) is 14.7 Å². The average Bonchev–Trinajstić information content (AvgIpc) is 2.72. The zero-order valence-corrected chi connectivity index (χ0v) is 16.4. The number of carbonyl (C=O) groups excluding carboxylic acids is 1. The average molecular weight is 370 g/mol. The molecule has 4 rings (SSSR count). The number of ether oxygens (including phenoxy) is 1. The summed E-state index contributed by atoms with van der Waals surface area (Å²) < 4.78 is 5.44. The molecule has 3 aliphatic rings. The quantitative estimate of drug-likeness (QED) is 0.766. The summed E-state index contributed by atoms with van der Waals surface area (Å²) in [6.45, 7) is 6.58. The molecule has 146 valence electrons. The molecule has 1 amide bonds. The number of anilines is 1. The highest BCUT2D eigenvalue weighted by Crippen LogP contribution is 2.47. The highest BCUT2D eigenvalue weighted by atomic mass is 16.5. The number of amides is 1. The van der Waals surface area contributed by atoms with Crippen molar-refractivity contribution in [2.75, 3.05) is 38.2 Å².